The summed E-state index contributed by atoms with van der Waals surface area (Å²) in [5.41, 5.74) is 0.248. The Labute approximate surface area is 240 Å². The Bertz CT molecular complexity index is 982. The van der Waals surface area contributed by atoms with E-state index in [1.807, 2.05) is 65.8 Å². The Balaban J connectivity index is 3.57. The molecule has 0 aromatic heterocycles. The summed E-state index contributed by atoms with van der Waals surface area (Å²) in [6.07, 6.45) is 1.07. The zero-order valence-electron chi connectivity index (χ0n) is 26.2. The fourth-order valence-corrected chi connectivity index (χ4v) is 4.23. The molecule has 0 aliphatic rings. The molecule has 0 aliphatic carbocycles. The number of hydrogen-bond donors (Lipinski definition) is 2. The number of hydrogen-bond acceptors (Lipinski definition) is 6. The first kappa shape index (κ1) is 34.9. The van der Waals surface area contributed by atoms with Gasteiger partial charge in [-0.25, -0.2) is 4.79 Å². The molecule has 2 atom stereocenters. The Morgan fingerprint density at radius 1 is 0.950 bits per heavy atom. The molecule has 0 bridgehead atoms. The molecule has 1 rings (SSSR count). The first-order valence-electron chi connectivity index (χ1n) is 14.4. The molecule has 0 saturated heterocycles. The molecule has 0 heterocycles. The molecule has 0 aliphatic heterocycles. The van der Waals surface area contributed by atoms with Crippen LogP contribution in [0.15, 0.2) is 24.3 Å². The van der Waals surface area contributed by atoms with E-state index in [0.717, 1.165) is 12.0 Å². The summed E-state index contributed by atoms with van der Waals surface area (Å²) in [6, 6.07) is 5.70. The van der Waals surface area contributed by atoms with Crippen LogP contribution < -0.4 is 10.6 Å². The molecule has 0 spiro atoms. The van der Waals surface area contributed by atoms with E-state index in [9.17, 15) is 19.2 Å². The highest BCUT2D eigenvalue weighted by Gasteiger charge is 2.43. The molecule has 0 radical (unpaired) electrons. The van der Waals surface area contributed by atoms with Crippen molar-refractivity contribution >= 4 is 23.9 Å². The van der Waals surface area contributed by atoms with Gasteiger partial charge in [0.1, 0.15) is 17.7 Å². The van der Waals surface area contributed by atoms with Crippen molar-refractivity contribution in [3.8, 4) is 0 Å². The van der Waals surface area contributed by atoms with Crippen LogP contribution in [0.3, 0.4) is 0 Å². The van der Waals surface area contributed by atoms with Crippen LogP contribution in [0, 0.1) is 5.92 Å². The van der Waals surface area contributed by atoms with Crippen molar-refractivity contribution in [3.63, 3.8) is 0 Å². The molecule has 2 unspecified atom stereocenters. The van der Waals surface area contributed by atoms with Crippen molar-refractivity contribution < 1.29 is 28.7 Å². The molecule has 2 N–H and O–H groups in total. The van der Waals surface area contributed by atoms with Gasteiger partial charge in [-0.3, -0.25) is 14.4 Å². The first-order chi connectivity index (χ1) is 18.6. The number of ether oxygens (including phenoxy) is 2. The fraction of sp³-hybridized carbons (Fsp3) is 0.677. The largest absolute Gasteiger partial charge is 0.466 e. The standard InChI is InChI=1S/C31H51N3O6/c1-11-22-14-16-23(17-15-22)26(27(36)32-19-18-25(35)39-13-3)34(31(9,10)12-2)28(37)24(20-21(4)5)33-29(38)40-30(6,7)8/h14-17,21,24,26H,11-13,18-20H2,1-10H3,(H,32,36)(H,33,38). The minimum atomic E-state index is -0.995. The van der Waals surface area contributed by atoms with Crippen LogP contribution in [0.4, 0.5) is 4.79 Å². The molecule has 40 heavy (non-hydrogen) atoms. The summed E-state index contributed by atoms with van der Waals surface area (Å²) in [5, 5.41) is 5.61. The summed E-state index contributed by atoms with van der Waals surface area (Å²) >= 11 is 0. The second-order valence-corrected chi connectivity index (χ2v) is 12.0. The van der Waals surface area contributed by atoms with Gasteiger partial charge in [-0.05, 0) is 77.8 Å². The number of alkyl carbamates (subject to hydrolysis) is 1. The third-order valence-electron chi connectivity index (χ3n) is 6.59. The van der Waals surface area contributed by atoms with Crippen LogP contribution in [0.2, 0.25) is 0 Å². The van der Waals surface area contributed by atoms with Crippen LogP contribution in [0.25, 0.3) is 0 Å². The van der Waals surface area contributed by atoms with Gasteiger partial charge >= 0.3 is 12.1 Å². The highest BCUT2D eigenvalue weighted by Crippen LogP contribution is 2.33. The van der Waals surface area contributed by atoms with Gasteiger partial charge in [0.25, 0.3) is 0 Å². The molecular weight excluding hydrogens is 510 g/mol. The number of amides is 3. The SMILES string of the molecule is CCOC(=O)CCNC(=O)C(c1ccc(CC)cc1)N(C(=O)C(CC(C)C)NC(=O)OC(C)(C)C)C(C)(C)CC. The van der Waals surface area contributed by atoms with E-state index in [0.29, 0.717) is 18.4 Å². The lowest BCUT2D eigenvalue weighted by molar-refractivity contribution is -0.150. The predicted molar refractivity (Wildman–Crippen MR) is 157 cm³/mol. The van der Waals surface area contributed by atoms with Gasteiger partial charge in [0.2, 0.25) is 11.8 Å². The lowest BCUT2D eigenvalue weighted by Crippen LogP contribution is -2.59. The Kier molecular flexibility index (Phi) is 13.6. The molecule has 9 nitrogen and oxygen atoms in total. The number of esters is 1. The van der Waals surface area contributed by atoms with Gasteiger partial charge in [-0.15, -0.1) is 0 Å². The van der Waals surface area contributed by atoms with Gasteiger partial charge in [0.05, 0.1) is 13.0 Å². The number of rotatable bonds is 14. The average Bonchev–Trinajstić information content (AvgIpc) is 2.85. The Hall–Kier alpha value is -3.10. The van der Waals surface area contributed by atoms with Crippen molar-refractivity contribution in [2.24, 2.45) is 5.92 Å². The Morgan fingerprint density at radius 2 is 1.55 bits per heavy atom. The summed E-state index contributed by atoms with van der Waals surface area (Å²) in [6.45, 7) is 19.1. The predicted octanol–water partition coefficient (Wildman–Crippen LogP) is 5.32. The Morgan fingerprint density at radius 3 is 2.02 bits per heavy atom. The van der Waals surface area contributed by atoms with Gasteiger partial charge in [-0.2, -0.15) is 0 Å². The topological polar surface area (TPSA) is 114 Å². The number of aryl methyl sites for hydroxylation is 1. The third-order valence-corrected chi connectivity index (χ3v) is 6.59. The number of carbonyl (C=O) groups is 4. The van der Waals surface area contributed by atoms with Gasteiger partial charge in [0.15, 0.2) is 0 Å². The highest BCUT2D eigenvalue weighted by atomic mass is 16.6. The maximum Gasteiger partial charge on any atom is 0.408 e. The van der Waals surface area contributed by atoms with Crippen LogP contribution >= 0.6 is 0 Å². The second-order valence-electron chi connectivity index (χ2n) is 12.0. The monoisotopic (exact) mass is 561 g/mol. The lowest BCUT2D eigenvalue weighted by Gasteiger charge is -2.44. The second kappa shape index (κ2) is 15.6. The molecular formula is C31H51N3O6. The molecule has 226 valence electrons. The molecule has 3 amide bonds. The van der Waals surface area contributed by atoms with Crippen molar-refractivity contribution in [2.75, 3.05) is 13.2 Å². The van der Waals surface area contributed by atoms with E-state index < -0.39 is 41.2 Å². The van der Waals surface area contributed by atoms with Crippen molar-refractivity contribution in [2.45, 2.75) is 118 Å². The summed E-state index contributed by atoms with van der Waals surface area (Å²) in [7, 11) is 0. The van der Waals surface area contributed by atoms with Crippen LogP contribution in [-0.4, -0.2) is 59.1 Å². The zero-order chi connectivity index (χ0) is 30.7. The van der Waals surface area contributed by atoms with E-state index in [-0.39, 0.29) is 31.4 Å². The lowest BCUT2D eigenvalue weighted by atomic mass is 9.90. The fourth-order valence-electron chi connectivity index (χ4n) is 4.23. The van der Waals surface area contributed by atoms with E-state index >= 15 is 0 Å². The maximum absolute atomic E-state index is 14.4. The minimum absolute atomic E-state index is 0.0162. The third kappa shape index (κ3) is 11.2. The molecule has 0 saturated carbocycles. The van der Waals surface area contributed by atoms with Gasteiger partial charge in [0, 0.05) is 12.1 Å². The number of nitrogens with one attached hydrogen (secondary N) is 2. The smallest absolute Gasteiger partial charge is 0.408 e. The van der Waals surface area contributed by atoms with E-state index in [1.54, 1.807) is 32.6 Å². The number of nitrogens with zero attached hydrogens (tertiary/aromatic N) is 1. The summed E-state index contributed by atoms with van der Waals surface area (Å²) in [4.78, 5) is 54.5. The number of benzene rings is 1. The van der Waals surface area contributed by atoms with Gasteiger partial charge in [-0.1, -0.05) is 52.0 Å². The minimum Gasteiger partial charge on any atom is -0.466 e. The van der Waals surface area contributed by atoms with Gasteiger partial charge < -0.3 is 25.0 Å². The van der Waals surface area contributed by atoms with Crippen molar-refractivity contribution in [3.05, 3.63) is 35.4 Å². The summed E-state index contributed by atoms with van der Waals surface area (Å²) in [5.74, 6) is -1.12. The normalized spacial score (nSPS) is 13.3. The first-order valence-corrected chi connectivity index (χ1v) is 14.4. The molecule has 0 fully saturated rings. The van der Waals surface area contributed by atoms with Crippen LogP contribution in [-0.2, 0) is 30.3 Å². The average molecular weight is 562 g/mol. The summed E-state index contributed by atoms with van der Waals surface area (Å²) < 4.78 is 10.4. The molecule has 1 aromatic rings. The molecule has 1 aromatic carbocycles. The van der Waals surface area contributed by atoms with Crippen molar-refractivity contribution in [1.82, 2.24) is 15.5 Å². The molecule has 9 heteroatoms. The van der Waals surface area contributed by atoms with E-state index in [2.05, 4.69) is 10.6 Å². The van der Waals surface area contributed by atoms with Crippen LogP contribution in [0.5, 0.6) is 0 Å². The number of carbonyl (C=O) groups excluding carboxylic acids is 4. The quantitative estimate of drug-likeness (QED) is 0.297. The van der Waals surface area contributed by atoms with Crippen LogP contribution in [0.1, 0.15) is 106 Å². The van der Waals surface area contributed by atoms with E-state index in [4.69, 9.17) is 9.47 Å². The zero-order valence-corrected chi connectivity index (χ0v) is 26.2. The highest BCUT2D eigenvalue weighted by molar-refractivity contribution is 5.92. The maximum atomic E-state index is 14.4. The van der Waals surface area contributed by atoms with E-state index in [1.165, 1.54) is 0 Å². The van der Waals surface area contributed by atoms with Crippen molar-refractivity contribution in [1.29, 1.82) is 0 Å².